The highest BCUT2D eigenvalue weighted by Crippen LogP contribution is 2.34. The molecule has 0 spiro atoms. The molecule has 7 heteroatoms. The minimum absolute atomic E-state index is 0.0142. The predicted molar refractivity (Wildman–Crippen MR) is 96.7 cm³/mol. The van der Waals surface area contributed by atoms with E-state index in [1.807, 2.05) is 0 Å². The monoisotopic (exact) mass is 363 g/mol. The van der Waals surface area contributed by atoms with Gasteiger partial charge in [-0.3, -0.25) is 9.69 Å². The highest BCUT2D eigenvalue weighted by molar-refractivity contribution is 7.15. The standard InChI is InChI=1S/C17H21N3O2S2/c1-2-20-6-3-12-14(10-20)24-17(18-12)19-15(21)9-13-16-11(4-7-22-13)5-8-23-16/h5,8,13H,2-4,6-7,9-10H2,1H3,(H,18,19,21)/t13-/m0/s1. The van der Waals surface area contributed by atoms with Crippen LogP contribution in [-0.4, -0.2) is 35.5 Å². The minimum atomic E-state index is -0.112. The van der Waals surface area contributed by atoms with Crippen molar-refractivity contribution < 1.29 is 9.53 Å². The number of ether oxygens (including phenoxy) is 1. The molecule has 0 saturated heterocycles. The molecule has 0 aromatic carbocycles. The van der Waals surface area contributed by atoms with Gasteiger partial charge >= 0.3 is 0 Å². The number of hydrogen-bond donors (Lipinski definition) is 1. The summed E-state index contributed by atoms with van der Waals surface area (Å²) in [6.07, 6.45) is 2.17. The molecule has 1 amide bonds. The van der Waals surface area contributed by atoms with Crippen LogP contribution >= 0.6 is 22.7 Å². The van der Waals surface area contributed by atoms with E-state index in [1.165, 1.54) is 15.3 Å². The number of amides is 1. The Morgan fingerprint density at radius 1 is 1.50 bits per heavy atom. The van der Waals surface area contributed by atoms with E-state index >= 15 is 0 Å². The normalized spacial score (nSPS) is 20.5. The number of nitrogens with zero attached hydrogens (tertiary/aromatic N) is 2. The molecule has 0 unspecified atom stereocenters. The number of likely N-dealkylation sites (N-methyl/N-ethyl adjacent to an activating group) is 1. The molecule has 2 aliphatic heterocycles. The van der Waals surface area contributed by atoms with Gasteiger partial charge in [-0.05, 0) is 30.0 Å². The lowest BCUT2D eigenvalue weighted by Crippen LogP contribution is -2.29. The predicted octanol–water partition coefficient (Wildman–Crippen LogP) is 3.23. The van der Waals surface area contributed by atoms with Gasteiger partial charge in [0.05, 0.1) is 18.7 Å². The first-order valence-electron chi connectivity index (χ1n) is 8.41. The zero-order chi connectivity index (χ0) is 16.5. The Bertz CT molecular complexity index is 740. The molecule has 1 N–H and O–H groups in total. The van der Waals surface area contributed by atoms with Crippen molar-refractivity contribution in [3.63, 3.8) is 0 Å². The number of fused-ring (bicyclic) bond motifs is 2. The average molecular weight is 364 g/mol. The smallest absolute Gasteiger partial charge is 0.229 e. The maximum atomic E-state index is 12.4. The topological polar surface area (TPSA) is 54.5 Å². The second kappa shape index (κ2) is 6.92. The number of nitrogens with one attached hydrogen (secondary N) is 1. The van der Waals surface area contributed by atoms with E-state index in [1.54, 1.807) is 22.7 Å². The van der Waals surface area contributed by atoms with Crippen molar-refractivity contribution in [2.24, 2.45) is 0 Å². The van der Waals surface area contributed by atoms with Gasteiger partial charge in [0.1, 0.15) is 6.10 Å². The average Bonchev–Trinajstić information content (AvgIpc) is 3.20. The van der Waals surface area contributed by atoms with Crippen molar-refractivity contribution >= 4 is 33.7 Å². The van der Waals surface area contributed by atoms with Crippen molar-refractivity contribution in [2.45, 2.75) is 38.8 Å². The van der Waals surface area contributed by atoms with Crippen molar-refractivity contribution in [3.05, 3.63) is 32.5 Å². The molecule has 2 aromatic rings. The van der Waals surface area contributed by atoms with Gasteiger partial charge in [0.25, 0.3) is 0 Å². The summed E-state index contributed by atoms with van der Waals surface area (Å²) >= 11 is 3.29. The second-order valence-corrected chi connectivity index (χ2v) is 8.21. The molecule has 1 atom stereocenters. The number of thiophene rings is 1. The number of rotatable bonds is 4. The number of carbonyl (C=O) groups is 1. The SMILES string of the molecule is CCN1CCc2nc(NC(=O)C[C@@H]3OCCc4ccsc43)sc2C1. The van der Waals surface area contributed by atoms with Crippen molar-refractivity contribution in [2.75, 3.05) is 25.0 Å². The lowest BCUT2D eigenvalue weighted by molar-refractivity contribution is -0.119. The van der Waals surface area contributed by atoms with Crippen molar-refractivity contribution in [1.82, 2.24) is 9.88 Å². The van der Waals surface area contributed by atoms with Crippen LogP contribution in [0.25, 0.3) is 0 Å². The quantitative estimate of drug-likeness (QED) is 0.906. The van der Waals surface area contributed by atoms with E-state index in [0.29, 0.717) is 13.0 Å². The molecule has 2 aromatic heterocycles. The van der Waals surface area contributed by atoms with Crippen LogP contribution in [0.4, 0.5) is 5.13 Å². The molecule has 24 heavy (non-hydrogen) atoms. The molecule has 4 rings (SSSR count). The first-order chi connectivity index (χ1) is 11.7. The van der Waals surface area contributed by atoms with E-state index in [-0.39, 0.29) is 12.0 Å². The molecule has 0 saturated carbocycles. The van der Waals surface area contributed by atoms with E-state index < -0.39 is 0 Å². The summed E-state index contributed by atoms with van der Waals surface area (Å²) in [7, 11) is 0. The summed E-state index contributed by atoms with van der Waals surface area (Å²) in [5, 5.41) is 5.79. The van der Waals surface area contributed by atoms with Crippen LogP contribution < -0.4 is 5.32 Å². The van der Waals surface area contributed by atoms with Gasteiger partial charge in [-0.15, -0.1) is 22.7 Å². The highest BCUT2D eigenvalue weighted by Gasteiger charge is 2.26. The van der Waals surface area contributed by atoms with Gasteiger partial charge < -0.3 is 10.1 Å². The molecule has 2 aliphatic rings. The largest absolute Gasteiger partial charge is 0.372 e. The van der Waals surface area contributed by atoms with Crippen LogP contribution in [-0.2, 0) is 28.9 Å². The first-order valence-corrected chi connectivity index (χ1v) is 10.1. The summed E-state index contributed by atoms with van der Waals surface area (Å²) in [4.78, 5) is 21.9. The third-order valence-electron chi connectivity index (χ3n) is 4.64. The number of hydrogen-bond acceptors (Lipinski definition) is 6. The number of carbonyl (C=O) groups excluding carboxylic acids is 1. The number of aromatic nitrogens is 1. The van der Waals surface area contributed by atoms with Crippen LogP contribution in [0.15, 0.2) is 11.4 Å². The fraction of sp³-hybridized carbons (Fsp3) is 0.529. The van der Waals surface area contributed by atoms with Crippen molar-refractivity contribution in [3.8, 4) is 0 Å². The first kappa shape index (κ1) is 16.2. The van der Waals surface area contributed by atoms with E-state index in [4.69, 9.17) is 4.74 Å². The molecule has 4 heterocycles. The molecule has 5 nitrogen and oxygen atoms in total. The minimum Gasteiger partial charge on any atom is -0.372 e. The van der Waals surface area contributed by atoms with Gasteiger partial charge in [-0.2, -0.15) is 0 Å². The number of anilines is 1. The summed E-state index contributed by atoms with van der Waals surface area (Å²) in [6.45, 7) is 5.93. The second-order valence-electron chi connectivity index (χ2n) is 6.18. The summed E-state index contributed by atoms with van der Waals surface area (Å²) in [5.74, 6) is -0.0142. The van der Waals surface area contributed by atoms with Crippen LogP contribution in [0.1, 0.15) is 40.5 Å². The molecule has 128 valence electrons. The molecule has 0 aliphatic carbocycles. The van der Waals surface area contributed by atoms with E-state index in [2.05, 4.69) is 33.6 Å². The Hall–Kier alpha value is -1.28. The molecule has 0 bridgehead atoms. The van der Waals surface area contributed by atoms with Crippen LogP contribution in [0.3, 0.4) is 0 Å². The van der Waals surface area contributed by atoms with Gasteiger partial charge in [0.2, 0.25) is 5.91 Å². The Morgan fingerprint density at radius 3 is 3.29 bits per heavy atom. The summed E-state index contributed by atoms with van der Waals surface area (Å²) < 4.78 is 5.81. The summed E-state index contributed by atoms with van der Waals surface area (Å²) in [5.41, 5.74) is 2.47. The Morgan fingerprint density at radius 2 is 2.42 bits per heavy atom. The fourth-order valence-electron chi connectivity index (χ4n) is 3.29. The summed E-state index contributed by atoms with van der Waals surface area (Å²) in [6, 6.07) is 2.14. The Kier molecular flexibility index (Phi) is 4.67. The Balaban J connectivity index is 1.40. The highest BCUT2D eigenvalue weighted by atomic mass is 32.1. The zero-order valence-electron chi connectivity index (χ0n) is 13.7. The van der Waals surface area contributed by atoms with Crippen LogP contribution in [0.5, 0.6) is 0 Å². The molecule has 0 radical (unpaired) electrons. The molecular formula is C17H21N3O2S2. The molecule has 0 fully saturated rings. The van der Waals surface area contributed by atoms with Gasteiger partial charge in [-0.1, -0.05) is 6.92 Å². The third-order valence-corrected chi connectivity index (χ3v) is 6.69. The lowest BCUT2D eigenvalue weighted by Gasteiger charge is -2.23. The Labute approximate surface area is 149 Å². The van der Waals surface area contributed by atoms with E-state index in [9.17, 15) is 4.79 Å². The fourth-order valence-corrected chi connectivity index (χ4v) is 5.36. The zero-order valence-corrected chi connectivity index (χ0v) is 15.3. The molecular weight excluding hydrogens is 342 g/mol. The van der Waals surface area contributed by atoms with Crippen LogP contribution in [0.2, 0.25) is 0 Å². The van der Waals surface area contributed by atoms with Gasteiger partial charge in [0, 0.05) is 29.3 Å². The van der Waals surface area contributed by atoms with Gasteiger partial charge in [-0.25, -0.2) is 4.98 Å². The van der Waals surface area contributed by atoms with Crippen LogP contribution in [0, 0.1) is 0 Å². The maximum Gasteiger partial charge on any atom is 0.229 e. The number of thiazole rings is 1. The van der Waals surface area contributed by atoms with E-state index in [0.717, 1.165) is 43.3 Å². The van der Waals surface area contributed by atoms with Crippen molar-refractivity contribution in [1.29, 1.82) is 0 Å². The third kappa shape index (κ3) is 3.26. The maximum absolute atomic E-state index is 12.4. The van der Waals surface area contributed by atoms with Gasteiger partial charge in [0.15, 0.2) is 5.13 Å². The lowest BCUT2D eigenvalue weighted by atomic mass is 10.1.